The molecule has 1 heterocycles. The lowest BCUT2D eigenvalue weighted by Crippen LogP contribution is -2.25. The van der Waals surface area contributed by atoms with E-state index in [4.69, 9.17) is 11.6 Å². The number of halogens is 1. The lowest BCUT2D eigenvalue weighted by molar-refractivity contribution is 0.128. The first kappa shape index (κ1) is 12.9. The SMILES string of the molecule is CCc1nn(C)c(CC2(CO)CCCC2)c1Cl. The average Bonchev–Trinajstić information content (AvgIpc) is 2.90. The van der Waals surface area contributed by atoms with E-state index in [-0.39, 0.29) is 12.0 Å². The Morgan fingerprint density at radius 2 is 2.06 bits per heavy atom. The molecule has 1 aromatic rings. The summed E-state index contributed by atoms with van der Waals surface area (Å²) in [6, 6.07) is 0. The fourth-order valence-electron chi connectivity index (χ4n) is 2.88. The maximum atomic E-state index is 9.65. The van der Waals surface area contributed by atoms with Crippen LogP contribution in [0, 0.1) is 5.41 Å². The van der Waals surface area contributed by atoms with Gasteiger partial charge in [-0.1, -0.05) is 31.4 Å². The van der Waals surface area contributed by atoms with Crippen molar-refractivity contribution in [2.75, 3.05) is 6.61 Å². The Morgan fingerprint density at radius 3 is 2.53 bits per heavy atom. The molecule has 1 aliphatic rings. The lowest BCUT2D eigenvalue weighted by Gasteiger charge is -2.26. The first-order valence-corrected chi connectivity index (χ1v) is 6.81. The molecule has 0 amide bonds. The van der Waals surface area contributed by atoms with E-state index < -0.39 is 0 Å². The highest BCUT2D eigenvalue weighted by Gasteiger charge is 2.35. The summed E-state index contributed by atoms with van der Waals surface area (Å²) in [7, 11) is 1.94. The molecule has 0 aliphatic heterocycles. The second kappa shape index (κ2) is 4.99. The smallest absolute Gasteiger partial charge is 0.0849 e. The number of rotatable bonds is 4. The third-order valence-electron chi connectivity index (χ3n) is 4.05. The zero-order valence-corrected chi connectivity index (χ0v) is 11.4. The Bertz CT molecular complexity index is 394. The highest BCUT2D eigenvalue weighted by Crippen LogP contribution is 2.41. The highest BCUT2D eigenvalue weighted by molar-refractivity contribution is 6.31. The molecule has 0 saturated heterocycles. The molecule has 0 unspecified atom stereocenters. The van der Waals surface area contributed by atoms with E-state index in [2.05, 4.69) is 12.0 Å². The van der Waals surface area contributed by atoms with Crippen LogP contribution in [0.5, 0.6) is 0 Å². The van der Waals surface area contributed by atoms with Crippen LogP contribution in [-0.4, -0.2) is 21.5 Å². The number of aliphatic hydroxyl groups is 1. The second-order valence-corrected chi connectivity index (χ2v) is 5.60. The van der Waals surface area contributed by atoms with Gasteiger partial charge in [0.15, 0.2) is 0 Å². The van der Waals surface area contributed by atoms with E-state index in [0.717, 1.165) is 42.1 Å². The van der Waals surface area contributed by atoms with Gasteiger partial charge in [0.05, 0.1) is 16.4 Å². The summed E-state index contributed by atoms with van der Waals surface area (Å²) in [5, 5.41) is 14.9. The number of aliphatic hydroxyl groups excluding tert-OH is 1. The first-order chi connectivity index (χ1) is 8.12. The van der Waals surface area contributed by atoms with Crippen LogP contribution in [0.1, 0.15) is 44.0 Å². The van der Waals surface area contributed by atoms with Gasteiger partial charge >= 0.3 is 0 Å². The molecule has 17 heavy (non-hydrogen) atoms. The zero-order valence-electron chi connectivity index (χ0n) is 10.7. The van der Waals surface area contributed by atoms with Crippen LogP contribution in [0.15, 0.2) is 0 Å². The minimum absolute atomic E-state index is 0.0441. The first-order valence-electron chi connectivity index (χ1n) is 6.43. The van der Waals surface area contributed by atoms with Crippen LogP contribution in [0.4, 0.5) is 0 Å². The van der Waals surface area contributed by atoms with Crippen molar-refractivity contribution in [2.45, 2.75) is 45.4 Å². The highest BCUT2D eigenvalue weighted by atomic mass is 35.5. The van der Waals surface area contributed by atoms with Crippen molar-refractivity contribution >= 4 is 11.6 Å². The Morgan fingerprint density at radius 1 is 1.41 bits per heavy atom. The van der Waals surface area contributed by atoms with E-state index in [1.807, 2.05) is 11.7 Å². The third kappa shape index (κ3) is 2.36. The molecule has 1 fully saturated rings. The molecule has 1 N–H and O–H groups in total. The lowest BCUT2D eigenvalue weighted by atomic mass is 9.82. The molecule has 1 aliphatic carbocycles. The summed E-state index contributed by atoms with van der Waals surface area (Å²) < 4.78 is 1.89. The topological polar surface area (TPSA) is 38.0 Å². The predicted octanol–water partition coefficient (Wildman–Crippen LogP) is 2.73. The summed E-state index contributed by atoms with van der Waals surface area (Å²) >= 11 is 6.36. The summed E-state index contributed by atoms with van der Waals surface area (Å²) in [6.45, 7) is 2.32. The zero-order chi connectivity index (χ0) is 12.5. The van der Waals surface area contributed by atoms with Crippen molar-refractivity contribution in [1.29, 1.82) is 0 Å². The van der Waals surface area contributed by atoms with Gasteiger partial charge in [0.2, 0.25) is 0 Å². The van der Waals surface area contributed by atoms with Crippen molar-refractivity contribution in [3.05, 3.63) is 16.4 Å². The Balaban J connectivity index is 2.25. The minimum Gasteiger partial charge on any atom is -0.396 e. The van der Waals surface area contributed by atoms with Crippen LogP contribution >= 0.6 is 11.6 Å². The molecule has 0 bridgehead atoms. The average molecular weight is 257 g/mol. The largest absolute Gasteiger partial charge is 0.396 e. The van der Waals surface area contributed by atoms with Gasteiger partial charge in [0.1, 0.15) is 0 Å². The van der Waals surface area contributed by atoms with Gasteiger partial charge in [-0.3, -0.25) is 4.68 Å². The van der Waals surface area contributed by atoms with Gasteiger partial charge in [-0.2, -0.15) is 5.10 Å². The third-order valence-corrected chi connectivity index (χ3v) is 4.48. The molecule has 0 spiro atoms. The number of hydrogen-bond donors (Lipinski definition) is 1. The molecule has 1 aromatic heterocycles. The van der Waals surface area contributed by atoms with Crippen molar-refractivity contribution in [1.82, 2.24) is 9.78 Å². The molecule has 4 heteroatoms. The molecule has 96 valence electrons. The van der Waals surface area contributed by atoms with Gasteiger partial charge in [-0.25, -0.2) is 0 Å². The van der Waals surface area contributed by atoms with Gasteiger partial charge in [-0.05, 0) is 31.1 Å². The molecule has 1 saturated carbocycles. The van der Waals surface area contributed by atoms with Crippen LogP contribution in [0.2, 0.25) is 5.02 Å². The fourth-order valence-corrected chi connectivity index (χ4v) is 3.24. The van der Waals surface area contributed by atoms with Crippen LogP contribution < -0.4 is 0 Å². The van der Waals surface area contributed by atoms with Gasteiger partial charge in [0.25, 0.3) is 0 Å². The molecule has 0 atom stereocenters. The standard InChI is InChI=1S/C13H21ClN2O/c1-3-10-12(14)11(16(2)15-10)8-13(9-17)6-4-5-7-13/h17H,3-9H2,1-2H3. The maximum absolute atomic E-state index is 9.65. The van der Waals surface area contributed by atoms with Crippen molar-refractivity contribution < 1.29 is 5.11 Å². The van der Waals surface area contributed by atoms with Crippen molar-refractivity contribution in [3.63, 3.8) is 0 Å². The summed E-state index contributed by atoms with van der Waals surface area (Å²) in [5.41, 5.74) is 2.09. The monoisotopic (exact) mass is 256 g/mol. The van der Waals surface area contributed by atoms with Gasteiger partial charge in [0, 0.05) is 13.7 Å². The van der Waals surface area contributed by atoms with E-state index in [1.165, 1.54) is 12.8 Å². The van der Waals surface area contributed by atoms with Crippen LogP contribution in [0.3, 0.4) is 0 Å². The Hall–Kier alpha value is -0.540. The summed E-state index contributed by atoms with van der Waals surface area (Å²) in [5.74, 6) is 0. The number of nitrogens with zero attached hydrogens (tertiary/aromatic N) is 2. The summed E-state index contributed by atoms with van der Waals surface area (Å²) in [6.07, 6.45) is 6.36. The number of hydrogen-bond acceptors (Lipinski definition) is 2. The minimum atomic E-state index is 0.0441. The van der Waals surface area contributed by atoms with Crippen LogP contribution in [-0.2, 0) is 19.9 Å². The summed E-state index contributed by atoms with van der Waals surface area (Å²) in [4.78, 5) is 0. The Labute approximate surface area is 108 Å². The Kier molecular flexibility index (Phi) is 3.79. The quantitative estimate of drug-likeness (QED) is 0.900. The molecule has 0 aromatic carbocycles. The molecular weight excluding hydrogens is 236 g/mol. The van der Waals surface area contributed by atoms with Gasteiger partial charge in [-0.15, -0.1) is 0 Å². The van der Waals surface area contributed by atoms with Crippen molar-refractivity contribution in [2.24, 2.45) is 12.5 Å². The second-order valence-electron chi connectivity index (χ2n) is 5.23. The normalized spacial score (nSPS) is 18.8. The van der Waals surface area contributed by atoms with Crippen molar-refractivity contribution in [3.8, 4) is 0 Å². The predicted molar refractivity (Wildman–Crippen MR) is 69.3 cm³/mol. The molecule has 3 nitrogen and oxygen atoms in total. The van der Waals surface area contributed by atoms with E-state index in [9.17, 15) is 5.11 Å². The number of aryl methyl sites for hydroxylation is 2. The van der Waals surface area contributed by atoms with E-state index in [1.54, 1.807) is 0 Å². The molecule has 2 rings (SSSR count). The number of aromatic nitrogens is 2. The van der Waals surface area contributed by atoms with E-state index >= 15 is 0 Å². The van der Waals surface area contributed by atoms with Crippen LogP contribution in [0.25, 0.3) is 0 Å². The van der Waals surface area contributed by atoms with Gasteiger partial charge < -0.3 is 5.11 Å². The fraction of sp³-hybridized carbons (Fsp3) is 0.769. The molecular formula is C13H21ClN2O. The maximum Gasteiger partial charge on any atom is 0.0849 e. The van der Waals surface area contributed by atoms with E-state index in [0.29, 0.717) is 0 Å². The molecule has 0 radical (unpaired) electrons.